The lowest BCUT2D eigenvalue weighted by atomic mass is 9.90. The highest BCUT2D eigenvalue weighted by atomic mass is 16.2. The van der Waals surface area contributed by atoms with E-state index in [0.717, 1.165) is 6.42 Å². The van der Waals surface area contributed by atoms with Gasteiger partial charge in [0.25, 0.3) is 0 Å². The maximum atomic E-state index is 12.5. The number of amides is 3. The van der Waals surface area contributed by atoms with Gasteiger partial charge in [0.2, 0.25) is 17.7 Å². The van der Waals surface area contributed by atoms with Gasteiger partial charge in [0.1, 0.15) is 6.04 Å². The Bertz CT molecular complexity index is 368. The summed E-state index contributed by atoms with van der Waals surface area (Å²) in [6, 6.07) is -0.515. The summed E-state index contributed by atoms with van der Waals surface area (Å²) in [5.74, 6) is -1.13. The van der Waals surface area contributed by atoms with E-state index >= 15 is 0 Å². The zero-order valence-corrected chi connectivity index (χ0v) is 11.8. The number of likely N-dealkylation sites (tertiary alicyclic amines) is 1. The second-order valence-corrected chi connectivity index (χ2v) is 5.32. The summed E-state index contributed by atoms with van der Waals surface area (Å²) in [4.78, 5) is 36.9. The van der Waals surface area contributed by atoms with Crippen LogP contribution >= 0.6 is 0 Å². The van der Waals surface area contributed by atoms with Gasteiger partial charge in [0.15, 0.2) is 0 Å². The van der Waals surface area contributed by atoms with Crippen molar-refractivity contribution < 1.29 is 14.4 Å². The molecule has 1 fully saturated rings. The van der Waals surface area contributed by atoms with Crippen molar-refractivity contribution in [1.29, 1.82) is 0 Å². The summed E-state index contributed by atoms with van der Waals surface area (Å²) < 4.78 is 0. The van der Waals surface area contributed by atoms with E-state index in [1.807, 2.05) is 13.8 Å². The molecule has 0 aromatic rings. The Morgan fingerprint density at radius 1 is 1.37 bits per heavy atom. The van der Waals surface area contributed by atoms with Crippen LogP contribution in [0.4, 0.5) is 0 Å². The average Bonchev–Trinajstić information content (AvgIpc) is 2.83. The van der Waals surface area contributed by atoms with E-state index < -0.39 is 17.9 Å². The molecule has 3 N–H and O–H groups in total. The highest BCUT2D eigenvalue weighted by Crippen LogP contribution is 2.24. The lowest BCUT2D eigenvalue weighted by Gasteiger charge is -2.28. The van der Waals surface area contributed by atoms with Gasteiger partial charge in [-0.05, 0) is 18.8 Å². The number of carbonyl (C=O) groups is 3. The molecule has 1 aliphatic rings. The quantitative estimate of drug-likeness (QED) is 0.728. The molecule has 2 atom stereocenters. The van der Waals surface area contributed by atoms with E-state index in [2.05, 4.69) is 5.32 Å². The molecule has 0 aromatic heterocycles. The second-order valence-electron chi connectivity index (χ2n) is 5.32. The minimum absolute atomic E-state index is 0.0407. The minimum Gasteiger partial charge on any atom is -0.368 e. The first-order valence-corrected chi connectivity index (χ1v) is 6.68. The van der Waals surface area contributed by atoms with Crippen LogP contribution in [-0.2, 0) is 14.4 Å². The first kappa shape index (κ1) is 15.5. The molecular weight excluding hydrogens is 246 g/mol. The Labute approximate surface area is 113 Å². The van der Waals surface area contributed by atoms with Crippen LogP contribution in [0.15, 0.2) is 0 Å². The zero-order valence-electron chi connectivity index (χ0n) is 11.8. The number of nitrogens with zero attached hydrogens (tertiary/aromatic N) is 1. The molecule has 0 spiro atoms. The van der Waals surface area contributed by atoms with E-state index in [-0.39, 0.29) is 24.2 Å². The largest absolute Gasteiger partial charge is 0.368 e. The highest BCUT2D eigenvalue weighted by Gasteiger charge is 2.37. The van der Waals surface area contributed by atoms with Gasteiger partial charge < -0.3 is 16.0 Å². The van der Waals surface area contributed by atoms with Gasteiger partial charge in [-0.3, -0.25) is 14.4 Å². The van der Waals surface area contributed by atoms with E-state index in [0.29, 0.717) is 13.0 Å². The van der Waals surface area contributed by atoms with Gasteiger partial charge in [0, 0.05) is 25.9 Å². The molecule has 6 heteroatoms. The molecule has 0 radical (unpaired) electrons. The summed E-state index contributed by atoms with van der Waals surface area (Å²) in [5.41, 5.74) is 5.32. The fraction of sp³-hybridized carbons (Fsp3) is 0.769. The van der Waals surface area contributed by atoms with Crippen LogP contribution in [0.25, 0.3) is 0 Å². The minimum atomic E-state index is -0.515. The van der Waals surface area contributed by atoms with Crippen LogP contribution in [0.1, 0.15) is 33.1 Å². The van der Waals surface area contributed by atoms with Crippen LogP contribution in [0, 0.1) is 11.8 Å². The van der Waals surface area contributed by atoms with E-state index in [9.17, 15) is 14.4 Å². The monoisotopic (exact) mass is 269 g/mol. The van der Waals surface area contributed by atoms with Crippen LogP contribution < -0.4 is 11.1 Å². The van der Waals surface area contributed by atoms with Gasteiger partial charge >= 0.3 is 0 Å². The summed E-state index contributed by atoms with van der Waals surface area (Å²) in [6.07, 6.45) is 1.55. The van der Waals surface area contributed by atoms with Crippen molar-refractivity contribution in [3.8, 4) is 0 Å². The van der Waals surface area contributed by atoms with E-state index in [1.54, 1.807) is 7.05 Å². The van der Waals surface area contributed by atoms with Gasteiger partial charge in [-0.25, -0.2) is 0 Å². The number of hydrogen-bond acceptors (Lipinski definition) is 3. The molecule has 0 aliphatic carbocycles. The molecule has 1 unspecified atom stereocenters. The lowest BCUT2D eigenvalue weighted by Crippen LogP contribution is -2.47. The van der Waals surface area contributed by atoms with Crippen molar-refractivity contribution in [2.75, 3.05) is 13.6 Å². The average molecular weight is 269 g/mol. The molecule has 0 aromatic carbocycles. The van der Waals surface area contributed by atoms with Crippen LogP contribution in [0.3, 0.4) is 0 Å². The van der Waals surface area contributed by atoms with Crippen molar-refractivity contribution in [3.63, 3.8) is 0 Å². The van der Waals surface area contributed by atoms with Gasteiger partial charge in [-0.2, -0.15) is 0 Å². The Morgan fingerprint density at radius 2 is 2.00 bits per heavy atom. The zero-order chi connectivity index (χ0) is 14.6. The summed E-state index contributed by atoms with van der Waals surface area (Å²) in [7, 11) is 1.55. The normalized spacial score (nSPS) is 20.4. The lowest BCUT2D eigenvalue weighted by molar-refractivity contribution is -0.143. The van der Waals surface area contributed by atoms with Crippen molar-refractivity contribution in [2.24, 2.45) is 17.6 Å². The number of rotatable bonds is 5. The Kier molecular flexibility index (Phi) is 5.32. The number of nitrogens with one attached hydrogen (secondary N) is 1. The number of hydrogen-bond donors (Lipinski definition) is 2. The predicted molar refractivity (Wildman–Crippen MR) is 70.9 cm³/mol. The van der Waals surface area contributed by atoms with Crippen molar-refractivity contribution in [3.05, 3.63) is 0 Å². The molecule has 1 aliphatic heterocycles. The SMILES string of the molecule is CNC(=O)CC(C(=O)N1CCC[C@H]1C(N)=O)C(C)C. The molecule has 19 heavy (non-hydrogen) atoms. The Balaban J connectivity index is 2.81. The topological polar surface area (TPSA) is 92.5 Å². The van der Waals surface area contributed by atoms with Gasteiger partial charge in [-0.1, -0.05) is 13.8 Å². The second kappa shape index (κ2) is 6.54. The smallest absolute Gasteiger partial charge is 0.240 e. The first-order valence-electron chi connectivity index (χ1n) is 6.68. The molecule has 1 rings (SSSR count). The standard InChI is InChI=1S/C13H23N3O3/c1-8(2)9(7-11(17)15-3)13(19)16-6-4-5-10(16)12(14)18/h8-10H,4-7H2,1-3H3,(H2,14,18)(H,15,17)/t9?,10-/m0/s1. The fourth-order valence-corrected chi connectivity index (χ4v) is 2.45. The number of carbonyl (C=O) groups excluding carboxylic acids is 3. The molecule has 1 saturated heterocycles. The van der Waals surface area contributed by atoms with Crippen molar-refractivity contribution >= 4 is 17.7 Å². The molecular formula is C13H23N3O3. The first-order chi connectivity index (χ1) is 8.88. The summed E-state index contributed by atoms with van der Waals surface area (Å²) >= 11 is 0. The molecule has 6 nitrogen and oxygen atoms in total. The third-order valence-corrected chi connectivity index (χ3v) is 3.67. The maximum Gasteiger partial charge on any atom is 0.240 e. The van der Waals surface area contributed by atoms with Gasteiger partial charge in [-0.15, -0.1) is 0 Å². The van der Waals surface area contributed by atoms with Crippen LogP contribution in [0.5, 0.6) is 0 Å². The third-order valence-electron chi connectivity index (χ3n) is 3.67. The van der Waals surface area contributed by atoms with E-state index in [4.69, 9.17) is 5.73 Å². The fourth-order valence-electron chi connectivity index (χ4n) is 2.45. The van der Waals surface area contributed by atoms with Gasteiger partial charge in [0.05, 0.1) is 0 Å². The summed E-state index contributed by atoms with van der Waals surface area (Å²) in [6.45, 7) is 4.35. The predicted octanol–water partition coefficient (Wildman–Crippen LogP) is -0.129. The molecule has 1 heterocycles. The Morgan fingerprint density at radius 3 is 2.47 bits per heavy atom. The number of primary amides is 1. The van der Waals surface area contributed by atoms with Crippen LogP contribution in [0.2, 0.25) is 0 Å². The van der Waals surface area contributed by atoms with Crippen LogP contribution in [-0.4, -0.2) is 42.3 Å². The molecule has 108 valence electrons. The highest BCUT2D eigenvalue weighted by molar-refractivity contribution is 5.90. The van der Waals surface area contributed by atoms with Crippen molar-refractivity contribution in [2.45, 2.75) is 39.2 Å². The Hall–Kier alpha value is -1.59. The van der Waals surface area contributed by atoms with E-state index in [1.165, 1.54) is 4.90 Å². The van der Waals surface area contributed by atoms with Crippen molar-refractivity contribution in [1.82, 2.24) is 10.2 Å². The third kappa shape index (κ3) is 3.68. The summed E-state index contributed by atoms with van der Waals surface area (Å²) in [5, 5.41) is 2.53. The number of nitrogens with two attached hydrogens (primary N) is 1. The maximum absolute atomic E-state index is 12.5. The molecule has 3 amide bonds. The molecule has 0 bridgehead atoms. The molecule has 0 saturated carbocycles.